The Kier molecular flexibility index (Phi) is 4.12. The van der Waals surface area contributed by atoms with Crippen molar-refractivity contribution >= 4 is 23.4 Å². The molecule has 1 heterocycles. The van der Waals surface area contributed by atoms with Crippen molar-refractivity contribution in [3.8, 4) is 0 Å². The Morgan fingerprint density at radius 3 is 2.57 bits per heavy atom. The maximum absolute atomic E-state index is 12.2. The lowest BCUT2D eigenvalue weighted by atomic mass is 10.2. The molecule has 2 aliphatic rings. The van der Waals surface area contributed by atoms with E-state index in [0.29, 0.717) is 11.6 Å². The van der Waals surface area contributed by atoms with Crippen LogP contribution in [-0.4, -0.2) is 16.3 Å². The molecule has 23 heavy (non-hydrogen) atoms. The third kappa shape index (κ3) is 3.61. The fourth-order valence-corrected chi connectivity index (χ4v) is 4.21. The number of nitrogens with zero attached hydrogens (tertiary/aromatic N) is 1. The summed E-state index contributed by atoms with van der Waals surface area (Å²) in [6.45, 7) is 0. The van der Waals surface area contributed by atoms with E-state index in [1.807, 2.05) is 23.9 Å². The molecule has 120 valence electrons. The second kappa shape index (κ2) is 6.40. The van der Waals surface area contributed by atoms with Crippen molar-refractivity contribution in [1.29, 1.82) is 0 Å². The highest BCUT2D eigenvalue weighted by Gasteiger charge is 2.28. The van der Waals surface area contributed by atoms with Crippen LogP contribution >= 0.6 is 11.8 Å². The number of rotatable bonds is 5. The number of anilines is 1. The quantitative estimate of drug-likeness (QED) is 0.853. The number of nitrogens with one attached hydrogen (secondary N) is 1. The summed E-state index contributed by atoms with van der Waals surface area (Å²) >= 11 is 1.95. The number of hydrogen-bond donors (Lipinski definition) is 1. The highest BCUT2D eigenvalue weighted by atomic mass is 32.2. The van der Waals surface area contributed by atoms with Crippen molar-refractivity contribution in [2.24, 2.45) is 0 Å². The topological polar surface area (TPSA) is 55.1 Å². The summed E-state index contributed by atoms with van der Waals surface area (Å²) in [5, 5.41) is 7.51. The second-order valence-corrected chi connectivity index (χ2v) is 7.77. The number of carbonyl (C=O) groups excluding carboxylic acids is 1. The number of hydrogen-bond acceptors (Lipinski definition) is 4. The van der Waals surface area contributed by atoms with Crippen LogP contribution in [0.25, 0.3) is 0 Å². The maximum Gasteiger partial charge on any atom is 0.277 e. The van der Waals surface area contributed by atoms with Crippen molar-refractivity contribution < 1.29 is 9.32 Å². The lowest BCUT2D eigenvalue weighted by Gasteiger charge is -2.09. The zero-order chi connectivity index (χ0) is 15.6. The molecule has 1 N–H and O–H groups in total. The van der Waals surface area contributed by atoms with Crippen molar-refractivity contribution in [3.05, 3.63) is 41.8 Å². The summed E-state index contributed by atoms with van der Waals surface area (Å²) < 4.78 is 5.23. The van der Waals surface area contributed by atoms with E-state index in [1.54, 1.807) is 6.07 Å². The van der Waals surface area contributed by atoms with Gasteiger partial charge >= 0.3 is 0 Å². The zero-order valence-corrected chi connectivity index (χ0v) is 13.8. The largest absolute Gasteiger partial charge is 0.360 e. The van der Waals surface area contributed by atoms with Gasteiger partial charge in [-0.2, -0.15) is 0 Å². The van der Waals surface area contributed by atoms with Gasteiger partial charge in [0.05, 0.1) is 0 Å². The van der Waals surface area contributed by atoms with Gasteiger partial charge in [0.1, 0.15) is 5.76 Å². The van der Waals surface area contributed by atoms with Gasteiger partial charge in [-0.1, -0.05) is 18.0 Å². The van der Waals surface area contributed by atoms with Crippen LogP contribution in [0, 0.1) is 0 Å². The molecule has 0 aliphatic heterocycles. The molecule has 2 aliphatic carbocycles. The maximum atomic E-state index is 12.2. The van der Waals surface area contributed by atoms with Crippen molar-refractivity contribution in [2.75, 3.05) is 5.32 Å². The molecule has 5 heteroatoms. The molecule has 1 aromatic carbocycles. The van der Waals surface area contributed by atoms with E-state index in [4.69, 9.17) is 4.52 Å². The van der Waals surface area contributed by atoms with Crippen LogP contribution in [0.15, 0.2) is 39.8 Å². The van der Waals surface area contributed by atoms with E-state index in [9.17, 15) is 4.79 Å². The Bertz CT molecular complexity index is 685. The van der Waals surface area contributed by atoms with Crippen LogP contribution in [-0.2, 0) is 0 Å². The summed E-state index contributed by atoms with van der Waals surface area (Å²) in [4.78, 5) is 13.5. The second-order valence-electron chi connectivity index (χ2n) is 6.39. The molecule has 0 bridgehead atoms. The predicted molar refractivity (Wildman–Crippen MR) is 91.0 cm³/mol. The van der Waals surface area contributed by atoms with Crippen molar-refractivity contribution in [3.63, 3.8) is 0 Å². The number of carbonyl (C=O) groups is 1. The van der Waals surface area contributed by atoms with Crippen molar-refractivity contribution in [1.82, 2.24) is 5.16 Å². The average Bonchev–Trinajstić information content (AvgIpc) is 3.08. The minimum atomic E-state index is -0.211. The Hall–Kier alpha value is -1.75. The zero-order valence-electron chi connectivity index (χ0n) is 13.0. The predicted octanol–water partition coefficient (Wildman–Crippen LogP) is 4.84. The van der Waals surface area contributed by atoms with Gasteiger partial charge in [-0.3, -0.25) is 4.79 Å². The van der Waals surface area contributed by atoms with Gasteiger partial charge in [0.2, 0.25) is 0 Å². The fourth-order valence-electron chi connectivity index (χ4n) is 2.97. The van der Waals surface area contributed by atoms with Gasteiger partial charge in [0.15, 0.2) is 5.69 Å². The first-order chi connectivity index (χ1) is 11.3. The fraction of sp³-hybridized carbons (Fsp3) is 0.444. The molecule has 1 amide bonds. The first-order valence-corrected chi connectivity index (χ1v) is 9.20. The third-order valence-corrected chi connectivity index (χ3v) is 5.81. The summed E-state index contributed by atoms with van der Waals surface area (Å²) in [6, 6.07) is 9.83. The van der Waals surface area contributed by atoms with E-state index >= 15 is 0 Å². The minimum Gasteiger partial charge on any atom is -0.360 e. The van der Waals surface area contributed by atoms with Crippen LogP contribution in [0.5, 0.6) is 0 Å². The smallest absolute Gasteiger partial charge is 0.277 e. The molecule has 1 aromatic heterocycles. The first-order valence-electron chi connectivity index (χ1n) is 8.32. The molecule has 2 fully saturated rings. The average molecular weight is 328 g/mol. The summed E-state index contributed by atoms with van der Waals surface area (Å²) in [5.41, 5.74) is 1.15. The van der Waals surface area contributed by atoms with Crippen LogP contribution in [0.2, 0.25) is 0 Å². The first kappa shape index (κ1) is 14.8. The lowest BCUT2D eigenvalue weighted by molar-refractivity contribution is 0.101. The Balaban J connectivity index is 1.36. The van der Waals surface area contributed by atoms with Gasteiger partial charge in [-0.05, 0) is 49.9 Å². The SMILES string of the molecule is O=C(Nc1ccc(SC2CCCC2)cc1)c1cc(C2CC2)on1. The molecule has 0 spiro atoms. The Labute approximate surface area is 140 Å². The standard InChI is InChI=1S/C18H20N2O2S/c21-18(16-11-17(22-20-16)12-5-6-12)19-13-7-9-15(10-8-13)23-14-3-1-2-4-14/h7-12,14H,1-6H2,(H,19,21). The van der Waals surface area contributed by atoms with Crippen LogP contribution in [0.4, 0.5) is 5.69 Å². The molecule has 0 radical (unpaired) electrons. The van der Waals surface area contributed by atoms with Gasteiger partial charge in [0.25, 0.3) is 5.91 Å². The normalized spacial score (nSPS) is 18.3. The Morgan fingerprint density at radius 2 is 1.87 bits per heavy atom. The van der Waals surface area contributed by atoms with E-state index in [-0.39, 0.29) is 5.91 Å². The third-order valence-electron chi connectivity index (χ3n) is 4.46. The molecule has 0 atom stereocenters. The van der Waals surface area contributed by atoms with E-state index in [1.165, 1.54) is 30.6 Å². The van der Waals surface area contributed by atoms with Crippen LogP contribution in [0.1, 0.15) is 60.7 Å². The molecular formula is C18H20N2O2S. The molecule has 4 rings (SSSR count). The van der Waals surface area contributed by atoms with Crippen LogP contribution < -0.4 is 5.32 Å². The van der Waals surface area contributed by atoms with E-state index in [0.717, 1.165) is 29.5 Å². The highest BCUT2D eigenvalue weighted by Crippen LogP contribution is 2.40. The highest BCUT2D eigenvalue weighted by molar-refractivity contribution is 8.00. The van der Waals surface area contributed by atoms with Crippen LogP contribution in [0.3, 0.4) is 0 Å². The Morgan fingerprint density at radius 1 is 1.13 bits per heavy atom. The van der Waals surface area contributed by atoms with Gasteiger partial charge < -0.3 is 9.84 Å². The molecule has 4 nitrogen and oxygen atoms in total. The molecule has 2 saturated carbocycles. The molecule has 0 unspecified atom stereocenters. The number of thioether (sulfide) groups is 1. The number of amides is 1. The minimum absolute atomic E-state index is 0.211. The summed E-state index contributed by atoms with van der Waals surface area (Å²) in [7, 11) is 0. The molecule has 2 aromatic rings. The molecule has 0 saturated heterocycles. The number of benzene rings is 1. The summed E-state index contributed by atoms with van der Waals surface area (Å²) in [6.07, 6.45) is 7.61. The monoisotopic (exact) mass is 328 g/mol. The van der Waals surface area contributed by atoms with Gasteiger partial charge in [0, 0.05) is 27.8 Å². The lowest BCUT2D eigenvalue weighted by Crippen LogP contribution is -2.12. The van der Waals surface area contributed by atoms with E-state index in [2.05, 4.69) is 22.6 Å². The van der Waals surface area contributed by atoms with Crippen molar-refractivity contribution in [2.45, 2.75) is 54.6 Å². The van der Waals surface area contributed by atoms with Gasteiger partial charge in [-0.25, -0.2) is 0 Å². The van der Waals surface area contributed by atoms with Gasteiger partial charge in [-0.15, -0.1) is 11.8 Å². The number of aromatic nitrogens is 1. The van der Waals surface area contributed by atoms with E-state index < -0.39 is 0 Å². The summed E-state index contributed by atoms with van der Waals surface area (Å²) in [5.74, 6) is 1.09. The molecular weight excluding hydrogens is 308 g/mol.